The molecule has 0 radical (unpaired) electrons. The van der Waals surface area contributed by atoms with Crippen molar-refractivity contribution in [2.24, 2.45) is 23.7 Å². The van der Waals surface area contributed by atoms with E-state index in [1.165, 1.54) is 5.56 Å². The number of allylic oxidation sites excluding steroid dienone is 1. The van der Waals surface area contributed by atoms with Crippen molar-refractivity contribution in [3.63, 3.8) is 0 Å². The minimum absolute atomic E-state index is 0.177. The molecule has 5 rings (SSSR count). The molecule has 1 amide bonds. The zero-order valence-corrected chi connectivity index (χ0v) is 18.0. The summed E-state index contributed by atoms with van der Waals surface area (Å²) in [4.78, 5) is 15.8. The number of amides is 1. The Kier molecular flexibility index (Phi) is 5.68. The second-order valence-corrected chi connectivity index (χ2v) is 9.48. The van der Waals surface area contributed by atoms with Gasteiger partial charge in [0.15, 0.2) is 5.60 Å². The lowest BCUT2D eigenvalue weighted by molar-refractivity contribution is -0.146. The van der Waals surface area contributed by atoms with E-state index in [0.717, 1.165) is 38.9 Å². The van der Waals surface area contributed by atoms with Gasteiger partial charge in [-0.05, 0) is 48.1 Å². The van der Waals surface area contributed by atoms with E-state index in [-0.39, 0.29) is 11.8 Å². The van der Waals surface area contributed by atoms with Crippen LogP contribution in [0.4, 0.5) is 0 Å². The van der Waals surface area contributed by atoms with Crippen LogP contribution in [0, 0.1) is 23.7 Å². The van der Waals surface area contributed by atoms with Crippen LogP contribution in [-0.4, -0.2) is 35.5 Å². The summed E-state index contributed by atoms with van der Waals surface area (Å²) < 4.78 is 0. The molecule has 0 aromatic heterocycles. The highest BCUT2D eigenvalue weighted by atomic mass is 16.3. The Morgan fingerprint density at radius 2 is 1.71 bits per heavy atom. The maximum absolute atomic E-state index is 13.3. The van der Waals surface area contributed by atoms with E-state index in [9.17, 15) is 9.90 Å². The second-order valence-electron chi connectivity index (χ2n) is 9.48. The molecule has 1 saturated carbocycles. The summed E-state index contributed by atoms with van der Waals surface area (Å²) in [7, 11) is 0. The molecule has 2 aromatic rings. The van der Waals surface area contributed by atoms with Crippen LogP contribution >= 0.6 is 0 Å². The summed E-state index contributed by atoms with van der Waals surface area (Å²) in [5, 5.41) is 14.8. The summed E-state index contributed by atoms with van der Waals surface area (Å²) in [5.41, 5.74) is 0.554. The fraction of sp³-hybridized carbons (Fsp3) is 0.444. The van der Waals surface area contributed by atoms with E-state index in [4.69, 9.17) is 0 Å². The van der Waals surface area contributed by atoms with Crippen LogP contribution in [0.1, 0.15) is 30.4 Å². The Labute approximate surface area is 185 Å². The van der Waals surface area contributed by atoms with E-state index in [1.807, 2.05) is 36.4 Å². The molecule has 1 unspecified atom stereocenters. The number of nitrogens with zero attached hydrogens (tertiary/aromatic N) is 1. The van der Waals surface area contributed by atoms with Gasteiger partial charge in [-0.1, -0.05) is 72.8 Å². The largest absolute Gasteiger partial charge is 0.375 e. The number of carbonyl (C=O) groups excluding carboxylic acids is 1. The molecule has 162 valence electrons. The van der Waals surface area contributed by atoms with Crippen LogP contribution in [-0.2, 0) is 16.9 Å². The number of piperidine rings is 1. The Bertz CT molecular complexity index is 917. The first-order chi connectivity index (χ1) is 15.2. The molecule has 1 aliphatic heterocycles. The first-order valence-corrected chi connectivity index (χ1v) is 11.7. The summed E-state index contributed by atoms with van der Waals surface area (Å²) >= 11 is 0. The molecule has 2 fully saturated rings. The summed E-state index contributed by atoms with van der Waals surface area (Å²) in [5.74, 6) is 1.45. The highest BCUT2D eigenvalue weighted by Gasteiger charge is 2.55. The molecule has 3 aliphatic rings. The standard InChI is InChI=1S/C27H32N2O2/c30-26(27(31,21-12-6-2-7-13-21)22-14-8-3-9-15-22)28-16-23-24-18-29(19-25(23)24)17-20-10-4-1-5-11-20/h1-2,4-8,10-14,22-25,31H,3,9,15-19H2,(H,28,30)/t22-,23-,24?,25+,27+/m0/s1. The van der Waals surface area contributed by atoms with Crippen molar-refractivity contribution in [2.45, 2.75) is 31.4 Å². The molecule has 0 bridgehead atoms. The molecule has 4 nitrogen and oxygen atoms in total. The van der Waals surface area contributed by atoms with Crippen LogP contribution in [0.15, 0.2) is 72.8 Å². The van der Waals surface area contributed by atoms with Gasteiger partial charge in [0.25, 0.3) is 5.91 Å². The highest BCUT2D eigenvalue weighted by molar-refractivity contribution is 5.87. The van der Waals surface area contributed by atoms with Crippen LogP contribution in [0.25, 0.3) is 0 Å². The van der Waals surface area contributed by atoms with Crippen molar-refractivity contribution in [3.8, 4) is 0 Å². The van der Waals surface area contributed by atoms with Gasteiger partial charge in [-0.2, -0.15) is 0 Å². The quantitative estimate of drug-likeness (QED) is 0.677. The summed E-state index contributed by atoms with van der Waals surface area (Å²) in [6.45, 7) is 3.89. The molecule has 1 heterocycles. The van der Waals surface area contributed by atoms with Gasteiger partial charge in [0.2, 0.25) is 0 Å². The van der Waals surface area contributed by atoms with Gasteiger partial charge in [-0.15, -0.1) is 0 Å². The zero-order valence-electron chi connectivity index (χ0n) is 18.0. The third kappa shape index (κ3) is 4.07. The number of hydrogen-bond acceptors (Lipinski definition) is 3. The maximum Gasteiger partial charge on any atom is 0.257 e. The molecule has 5 atom stereocenters. The van der Waals surface area contributed by atoms with Crippen molar-refractivity contribution in [1.29, 1.82) is 0 Å². The smallest absolute Gasteiger partial charge is 0.257 e. The average molecular weight is 417 g/mol. The number of nitrogens with one attached hydrogen (secondary N) is 1. The average Bonchev–Trinajstić information content (AvgIpc) is 3.29. The molecule has 2 aliphatic carbocycles. The third-order valence-electron chi connectivity index (χ3n) is 7.55. The fourth-order valence-corrected chi connectivity index (χ4v) is 5.72. The first kappa shape index (κ1) is 20.5. The van der Waals surface area contributed by atoms with Crippen LogP contribution in [0.3, 0.4) is 0 Å². The molecule has 4 heteroatoms. The molecular weight excluding hydrogens is 384 g/mol. The van der Waals surface area contributed by atoms with E-state index < -0.39 is 5.60 Å². The number of carbonyl (C=O) groups is 1. The van der Waals surface area contributed by atoms with E-state index >= 15 is 0 Å². The number of hydrogen-bond donors (Lipinski definition) is 2. The topological polar surface area (TPSA) is 52.6 Å². The summed E-state index contributed by atoms with van der Waals surface area (Å²) in [6.07, 6.45) is 6.99. The Hall–Kier alpha value is -2.43. The monoisotopic (exact) mass is 416 g/mol. The van der Waals surface area contributed by atoms with E-state index in [0.29, 0.717) is 29.9 Å². The number of benzene rings is 2. The van der Waals surface area contributed by atoms with Gasteiger partial charge in [-0.25, -0.2) is 0 Å². The van der Waals surface area contributed by atoms with Crippen LogP contribution in [0.5, 0.6) is 0 Å². The molecule has 2 aromatic carbocycles. The molecule has 0 spiro atoms. The van der Waals surface area contributed by atoms with Crippen molar-refractivity contribution in [1.82, 2.24) is 10.2 Å². The lowest BCUT2D eigenvalue weighted by atomic mass is 9.75. The molecule has 2 N–H and O–H groups in total. The van der Waals surface area contributed by atoms with Gasteiger partial charge in [-0.3, -0.25) is 9.69 Å². The number of aliphatic hydroxyl groups is 1. The fourth-order valence-electron chi connectivity index (χ4n) is 5.72. The van der Waals surface area contributed by atoms with Crippen LogP contribution < -0.4 is 5.32 Å². The van der Waals surface area contributed by atoms with E-state index in [2.05, 4.69) is 46.6 Å². The number of rotatable bonds is 7. The zero-order chi connectivity index (χ0) is 21.3. The molecule has 31 heavy (non-hydrogen) atoms. The van der Waals surface area contributed by atoms with Gasteiger partial charge in [0.05, 0.1) is 0 Å². The van der Waals surface area contributed by atoms with Gasteiger partial charge in [0, 0.05) is 32.1 Å². The van der Waals surface area contributed by atoms with Crippen molar-refractivity contribution in [2.75, 3.05) is 19.6 Å². The Morgan fingerprint density at radius 3 is 2.35 bits per heavy atom. The van der Waals surface area contributed by atoms with Gasteiger partial charge < -0.3 is 10.4 Å². The Morgan fingerprint density at radius 1 is 1.03 bits per heavy atom. The lowest BCUT2D eigenvalue weighted by Gasteiger charge is -2.35. The Balaban J connectivity index is 1.19. The lowest BCUT2D eigenvalue weighted by Crippen LogP contribution is -2.50. The van der Waals surface area contributed by atoms with Crippen molar-refractivity contribution >= 4 is 5.91 Å². The van der Waals surface area contributed by atoms with Crippen molar-refractivity contribution in [3.05, 3.63) is 83.9 Å². The van der Waals surface area contributed by atoms with Crippen LogP contribution in [0.2, 0.25) is 0 Å². The first-order valence-electron chi connectivity index (χ1n) is 11.7. The SMILES string of the molecule is O=C(NC[C@H]1C2CN(Cc3ccccc3)C[C@@H]21)[C@@](O)(c1ccccc1)[C@H]1C=CCCC1. The predicted molar refractivity (Wildman–Crippen MR) is 122 cm³/mol. The number of likely N-dealkylation sites (tertiary alicyclic amines) is 1. The normalized spacial score (nSPS) is 29.2. The molecular formula is C27H32N2O2. The minimum atomic E-state index is -1.50. The maximum atomic E-state index is 13.3. The minimum Gasteiger partial charge on any atom is -0.375 e. The van der Waals surface area contributed by atoms with Gasteiger partial charge in [0.1, 0.15) is 0 Å². The summed E-state index contributed by atoms with van der Waals surface area (Å²) in [6, 6.07) is 20.1. The van der Waals surface area contributed by atoms with Gasteiger partial charge >= 0.3 is 0 Å². The van der Waals surface area contributed by atoms with Crippen molar-refractivity contribution < 1.29 is 9.90 Å². The van der Waals surface area contributed by atoms with E-state index in [1.54, 1.807) is 0 Å². The predicted octanol–water partition coefficient (Wildman–Crippen LogP) is 3.72. The second kappa shape index (κ2) is 8.60. The number of fused-ring (bicyclic) bond motifs is 1. The highest BCUT2D eigenvalue weighted by Crippen LogP contribution is 2.51. The third-order valence-corrected chi connectivity index (χ3v) is 7.55. The molecule has 1 saturated heterocycles.